The second kappa shape index (κ2) is 16.7. The zero-order valence-electron chi connectivity index (χ0n) is 22.5. The number of nitrogens with zero attached hydrogens (tertiary/aromatic N) is 1. The first-order valence-corrected chi connectivity index (χ1v) is 14.2. The second-order valence-corrected chi connectivity index (χ2v) is 10.3. The molecule has 4 nitrogen and oxygen atoms in total. The Labute approximate surface area is 218 Å². The summed E-state index contributed by atoms with van der Waals surface area (Å²) in [5, 5.41) is 0.770. The third-order valence-electron chi connectivity index (χ3n) is 6.74. The Morgan fingerprint density at radius 3 is 1.91 bits per heavy atom. The zero-order valence-corrected chi connectivity index (χ0v) is 23.3. The maximum Gasteiger partial charge on any atom is 0.279 e. The zero-order chi connectivity index (χ0) is 25.5. The molecule has 0 fully saturated rings. The Morgan fingerprint density at radius 1 is 0.857 bits per heavy atom. The lowest BCUT2D eigenvalue weighted by Gasteiger charge is -2.18. The van der Waals surface area contributed by atoms with E-state index in [4.69, 9.17) is 16.3 Å². The Kier molecular flexibility index (Phi) is 14.0. The van der Waals surface area contributed by atoms with Crippen molar-refractivity contribution in [1.29, 1.82) is 0 Å². The fourth-order valence-electron chi connectivity index (χ4n) is 4.45. The first-order valence-electron chi connectivity index (χ1n) is 13.8. The number of benzene rings is 1. The summed E-state index contributed by atoms with van der Waals surface area (Å²) in [6.07, 6.45) is 17.8. The van der Waals surface area contributed by atoms with Gasteiger partial charge in [-0.15, -0.1) is 0 Å². The number of rotatable bonds is 18. The first kappa shape index (κ1) is 29.3. The van der Waals surface area contributed by atoms with Crippen molar-refractivity contribution in [3.63, 3.8) is 0 Å². The highest BCUT2D eigenvalue weighted by molar-refractivity contribution is 6.31. The molecule has 0 aliphatic heterocycles. The van der Waals surface area contributed by atoms with Crippen LogP contribution >= 0.6 is 11.6 Å². The lowest BCUT2D eigenvalue weighted by Crippen LogP contribution is -2.35. The molecular formula is C30H47ClN2O2. The van der Waals surface area contributed by atoms with Gasteiger partial charge in [-0.25, -0.2) is 0 Å². The average Bonchev–Trinajstić information content (AvgIpc) is 3.15. The molecule has 1 aromatic carbocycles. The minimum Gasteiger partial charge on any atom is -0.481 e. The summed E-state index contributed by atoms with van der Waals surface area (Å²) >= 11 is 6.44. The summed E-state index contributed by atoms with van der Waals surface area (Å²) in [5.41, 5.74) is 5.97. The highest BCUT2D eigenvalue weighted by Gasteiger charge is 2.17. The minimum atomic E-state index is -0.610. The largest absolute Gasteiger partial charge is 0.481 e. The third-order valence-corrected chi connectivity index (χ3v) is 7.11. The number of carbonyl (C=O) groups excluding carboxylic acids is 1. The number of hydrogen-bond acceptors (Lipinski definition) is 2. The number of aryl methyl sites for hydroxylation is 3. The lowest BCUT2D eigenvalue weighted by molar-refractivity contribution is -0.123. The molecule has 0 radical (unpaired) electrons. The van der Waals surface area contributed by atoms with E-state index >= 15 is 0 Å². The number of halogens is 1. The molecule has 0 saturated heterocycles. The molecule has 0 bridgehead atoms. The molecule has 0 aliphatic rings. The molecule has 1 N–H and O–H groups in total. The first-order chi connectivity index (χ1) is 16.9. The van der Waals surface area contributed by atoms with Crippen LogP contribution in [-0.2, 0) is 11.2 Å². The monoisotopic (exact) mass is 502 g/mol. The summed E-state index contributed by atoms with van der Waals surface area (Å²) < 4.78 is 7.72. The van der Waals surface area contributed by atoms with Crippen molar-refractivity contribution in [3.05, 3.63) is 52.3 Å². The fraction of sp³-hybridized carbons (Fsp3) is 0.633. The normalized spacial score (nSPS) is 12.0. The number of unbranched alkanes of at least 4 members (excludes halogenated alkanes) is 12. The number of amides is 1. The van der Waals surface area contributed by atoms with Gasteiger partial charge in [0.1, 0.15) is 5.75 Å². The molecule has 0 saturated carbocycles. The number of nitrogens with one attached hydrogen (secondary N) is 1. The highest BCUT2D eigenvalue weighted by atomic mass is 35.5. The van der Waals surface area contributed by atoms with Crippen LogP contribution < -0.4 is 10.2 Å². The molecule has 2 aromatic rings. The Balaban J connectivity index is 1.63. The van der Waals surface area contributed by atoms with Crippen LogP contribution in [0.1, 0.15) is 114 Å². The predicted octanol–water partition coefficient (Wildman–Crippen LogP) is 8.93. The van der Waals surface area contributed by atoms with Crippen molar-refractivity contribution in [1.82, 2.24) is 4.68 Å². The number of hydrogen-bond donors (Lipinski definition) is 1. The molecule has 0 spiro atoms. The predicted molar refractivity (Wildman–Crippen MR) is 149 cm³/mol. The summed E-state index contributed by atoms with van der Waals surface area (Å²) in [6.45, 7) is 7.96. The van der Waals surface area contributed by atoms with Gasteiger partial charge in [0.05, 0.1) is 0 Å². The van der Waals surface area contributed by atoms with E-state index in [1.165, 1.54) is 77.0 Å². The van der Waals surface area contributed by atoms with E-state index in [2.05, 4.69) is 12.3 Å². The quantitative estimate of drug-likeness (QED) is 0.207. The summed E-state index contributed by atoms with van der Waals surface area (Å²) in [6, 6.07) is 9.65. The van der Waals surface area contributed by atoms with Crippen LogP contribution in [0.2, 0.25) is 5.02 Å². The molecule has 1 heterocycles. The molecule has 1 aromatic heterocycles. The Hall–Kier alpha value is -1.94. The van der Waals surface area contributed by atoms with E-state index in [0.717, 1.165) is 34.8 Å². The van der Waals surface area contributed by atoms with Crippen molar-refractivity contribution >= 4 is 17.5 Å². The van der Waals surface area contributed by atoms with Crippen molar-refractivity contribution < 1.29 is 9.53 Å². The van der Waals surface area contributed by atoms with E-state index < -0.39 is 6.10 Å². The van der Waals surface area contributed by atoms with E-state index in [9.17, 15) is 4.79 Å². The topological polar surface area (TPSA) is 43.3 Å². The fourth-order valence-corrected chi connectivity index (χ4v) is 4.66. The van der Waals surface area contributed by atoms with Crippen molar-refractivity contribution in [2.45, 2.75) is 124 Å². The van der Waals surface area contributed by atoms with Crippen LogP contribution in [0, 0.1) is 13.8 Å². The summed E-state index contributed by atoms with van der Waals surface area (Å²) in [7, 11) is 0. The number of aromatic nitrogens is 1. The lowest BCUT2D eigenvalue weighted by atomic mass is 10.0. The number of ether oxygens (including phenoxy) is 1. The highest BCUT2D eigenvalue weighted by Crippen LogP contribution is 2.25. The minimum absolute atomic E-state index is 0.180. The van der Waals surface area contributed by atoms with Gasteiger partial charge in [-0.1, -0.05) is 95.6 Å². The SMILES string of the molecule is CCCCCCCCCCCCCCCc1cc(OC(C)C(=O)Nn2c(C)ccc2C)ccc1Cl. The summed E-state index contributed by atoms with van der Waals surface area (Å²) in [4.78, 5) is 12.6. The Bertz CT molecular complexity index is 858. The molecule has 5 heteroatoms. The van der Waals surface area contributed by atoms with Crippen LogP contribution in [0.3, 0.4) is 0 Å². The van der Waals surface area contributed by atoms with E-state index in [-0.39, 0.29) is 5.91 Å². The Morgan fingerprint density at radius 2 is 1.37 bits per heavy atom. The maximum atomic E-state index is 12.6. The van der Waals surface area contributed by atoms with Crippen LogP contribution in [0.25, 0.3) is 0 Å². The standard InChI is InChI=1S/C30H47ClN2O2/c1-5-6-7-8-9-10-11-12-13-14-15-16-17-18-27-23-28(21-22-29(27)31)35-26(4)30(34)32-33-24(2)19-20-25(33)3/h19-23,26H,5-18H2,1-4H3,(H,32,34). The van der Waals surface area contributed by atoms with Gasteiger partial charge >= 0.3 is 0 Å². The molecule has 0 aliphatic carbocycles. The summed E-state index contributed by atoms with van der Waals surface area (Å²) in [5.74, 6) is 0.503. The smallest absolute Gasteiger partial charge is 0.279 e. The molecule has 35 heavy (non-hydrogen) atoms. The van der Waals surface area contributed by atoms with Gasteiger partial charge in [0.2, 0.25) is 0 Å². The second-order valence-electron chi connectivity index (χ2n) is 9.93. The molecule has 1 unspecified atom stereocenters. The van der Waals surface area contributed by atoms with Crippen LogP contribution in [0.5, 0.6) is 5.75 Å². The van der Waals surface area contributed by atoms with E-state index in [0.29, 0.717) is 5.75 Å². The molecule has 1 amide bonds. The van der Waals surface area contributed by atoms with Gasteiger partial charge in [0.15, 0.2) is 6.10 Å². The van der Waals surface area contributed by atoms with Crippen molar-refractivity contribution in [2.24, 2.45) is 0 Å². The van der Waals surface area contributed by atoms with Crippen LogP contribution in [0.4, 0.5) is 0 Å². The molecule has 2 rings (SSSR count). The van der Waals surface area contributed by atoms with Crippen LogP contribution in [0.15, 0.2) is 30.3 Å². The van der Waals surface area contributed by atoms with Gasteiger partial charge in [-0.05, 0) is 69.5 Å². The molecule has 196 valence electrons. The van der Waals surface area contributed by atoms with Gasteiger partial charge in [0, 0.05) is 16.4 Å². The van der Waals surface area contributed by atoms with Gasteiger partial charge < -0.3 is 4.74 Å². The average molecular weight is 503 g/mol. The van der Waals surface area contributed by atoms with E-state index in [1.54, 1.807) is 11.6 Å². The van der Waals surface area contributed by atoms with Gasteiger partial charge in [0.25, 0.3) is 5.91 Å². The van der Waals surface area contributed by atoms with Gasteiger partial charge in [-0.2, -0.15) is 0 Å². The van der Waals surface area contributed by atoms with Gasteiger partial charge in [-0.3, -0.25) is 14.9 Å². The van der Waals surface area contributed by atoms with Crippen molar-refractivity contribution in [3.8, 4) is 5.75 Å². The third kappa shape index (κ3) is 11.1. The van der Waals surface area contributed by atoms with E-state index in [1.807, 2.05) is 44.2 Å². The number of carbonyl (C=O) groups is 1. The van der Waals surface area contributed by atoms with Crippen LogP contribution in [-0.4, -0.2) is 16.7 Å². The molecular weight excluding hydrogens is 456 g/mol. The van der Waals surface area contributed by atoms with Crippen molar-refractivity contribution in [2.75, 3.05) is 5.43 Å². The molecule has 1 atom stereocenters. The maximum absolute atomic E-state index is 12.6.